The zero-order chi connectivity index (χ0) is 13.7. The number of nitrogens with zero attached hydrogens (tertiary/aromatic N) is 1. The Kier molecular flexibility index (Phi) is 5.08. The molecule has 0 aromatic heterocycles. The second kappa shape index (κ2) is 6.34. The van der Waals surface area contributed by atoms with E-state index in [9.17, 15) is 14.4 Å². The molecular formula is C11H18N2O5. The summed E-state index contributed by atoms with van der Waals surface area (Å²) in [7, 11) is 3.02. The molecule has 1 rings (SSSR count). The number of carbonyl (C=O) groups excluding carboxylic acids is 2. The van der Waals surface area contributed by atoms with Gasteiger partial charge in [0.1, 0.15) is 0 Å². The van der Waals surface area contributed by atoms with Gasteiger partial charge in [0.05, 0.1) is 25.0 Å². The van der Waals surface area contributed by atoms with Gasteiger partial charge in [0.25, 0.3) is 0 Å². The fraction of sp³-hybridized carbons (Fsp3) is 0.727. The van der Waals surface area contributed by atoms with Gasteiger partial charge in [0.15, 0.2) is 0 Å². The summed E-state index contributed by atoms with van der Waals surface area (Å²) in [6, 6.07) is 0. The molecule has 0 aromatic carbocycles. The van der Waals surface area contributed by atoms with E-state index >= 15 is 0 Å². The molecular weight excluding hydrogens is 240 g/mol. The van der Waals surface area contributed by atoms with E-state index in [4.69, 9.17) is 9.84 Å². The zero-order valence-electron chi connectivity index (χ0n) is 10.5. The van der Waals surface area contributed by atoms with Crippen LogP contribution in [0.4, 0.5) is 0 Å². The molecule has 0 heterocycles. The summed E-state index contributed by atoms with van der Waals surface area (Å²) >= 11 is 0. The van der Waals surface area contributed by atoms with Gasteiger partial charge in [-0.1, -0.05) is 0 Å². The SMILES string of the molecule is COCCNC(=O)CN(C)C(=O)[C@@H]1C[C@@H]1C(=O)O. The molecule has 1 aliphatic rings. The van der Waals surface area contributed by atoms with Crippen molar-refractivity contribution in [3.05, 3.63) is 0 Å². The summed E-state index contributed by atoms with van der Waals surface area (Å²) in [5.74, 6) is -2.58. The quantitative estimate of drug-likeness (QED) is 0.567. The van der Waals surface area contributed by atoms with Crippen molar-refractivity contribution < 1.29 is 24.2 Å². The van der Waals surface area contributed by atoms with Crippen molar-refractivity contribution in [3.63, 3.8) is 0 Å². The first-order valence-electron chi connectivity index (χ1n) is 5.70. The lowest BCUT2D eigenvalue weighted by Crippen LogP contribution is -2.40. The number of carboxylic acids is 1. The van der Waals surface area contributed by atoms with E-state index in [0.29, 0.717) is 19.6 Å². The lowest BCUT2D eigenvalue weighted by molar-refractivity contribution is -0.142. The number of hydrogen-bond donors (Lipinski definition) is 2. The first-order valence-corrected chi connectivity index (χ1v) is 5.70. The molecule has 2 atom stereocenters. The molecule has 0 saturated heterocycles. The highest BCUT2D eigenvalue weighted by molar-refractivity contribution is 5.91. The normalized spacial score (nSPS) is 21.2. The third kappa shape index (κ3) is 3.99. The fourth-order valence-electron chi connectivity index (χ4n) is 1.67. The van der Waals surface area contributed by atoms with E-state index in [0.717, 1.165) is 0 Å². The Morgan fingerprint density at radius 1 is 1.39 bits per heavy atom. The number of aliphatic carboxylic acids is 1. The van der Waals surface area contributed by atoms with Gasteiger partial charge in [0.2, 0.25) is 11.8 Å². The molecule has 7 heteroatoms. The number of nitrogens with one attached hydrogen (secondary N) is 1. The van der Waals surface area contributed by atoms with Crippen LogP contribution in [-0.2, 0) is 19.1 Å². The van der Waals surface area contributed by atoms with Gasteiger partial charge in [-0.05, 0) is 6.42 Å². The van der Waals surface area contributed by atoms with Gasteiger partial charge in [-0.25, -0.2) is 0 Å². The van der Waals surface area contributed by atoms with E-state index in [-0.39, 0.29) is 18.4 Å². The van der Waals surface area contributed by atoms with Crippen molar-refractivity contribution in [1.29, 1.82) is 0 Å². The molecule has 18 heavy (non-hydrogen) atoms. The monoisotopic (exact) mass is 258 g/mol. The molecule has 0 aromatic rings. The molecule has 0 unspecified atom stereocenters. The molecule has 1 aliphatic carbocycles. The molecule has 1 fully saturated rings. The second-order valence-corrected chi connectivity index (χ2v) is 4.32. The van der Waals surface area contributed by atoms with Gasteiger partial charge in [0, 0.05) is 20.7 Å². The first-order chi connectivity index (χ1) is 8.47. The lowest BCUT2D eigenvalue weighted by Gasteiger charge is -2.16. The zero-order valence-corrected chi connectivity index (χ0v) is 10.5. The van der Waals surface area contributed by atoms with Crippen molar-refractivity contribution >= 4 is 17.8 Å². The van der Waals surface area contributed by atoms with E-state index < -0.39 is 17.8 Å². The molecule has 1 saturated carbocycles. The molecule has 2 amide bonds. The van der Waals surface area contributed by atoms with Crippen molar-refractivity contribution in [2.45, 2.75) is 6.42 Å². The van der Waals surface area contributed by atoms with Gasteiger partial charge >= 0.3 is 5.97 Å². The topological polar surface area (TPSA) is 95.9 Å². The van der Waals surface area contributed by atoms with Crippen LogP contribution in [0.3, 0.4) is 0 Å². The summed E-state index contributed by atoms with van der Waals surface area (Å²) in [4.78, 5) is 35.0. The molecule has 2 N–H and O–H groups in total. The maximum atomic E-state index is 11.7. The largest absolute Gasteiger partial charge is 0.481 e. The lowest BCUT2D eigenvalue weighted by atomic mass is 10.3. The van der Waals surface area contributed by atoms with E-state index in [1.807, 2.05) is 0 Å². The van der Waals surface area contributed by atoms with Crippen LogP contribution in [0.15, 0.2) is 0 Å². The molecule has 0 bridgehead atoms. The first kappa shape index (κ1) is 14.4. The smallest absolute Gasteiger partial charge is 0.307 e. The molecule has 102 valence electrons. The number of amides is 2. The average molecular weight is 258 g/mol. The Labute approximate surface area is 105 Å². The number of rotatable bonds is 7. The minimum absolute atomic E-state index is 0.0641. The van der Waals surface area contributed by atoms with Gasteiger partial charge in [-0.2, -0.15) is 0 Å². The Hall–Kier alpha value is -1.63. The summed E-state index contributed by atoms with van der Waals surface area (Å²) in [6.45, 7) is 0.733. The van der Waals surface area contributed by atoms with E-state index in [2.05, 4.69) is 5.32 Å². The van der Waals surface area contributed by atoms with Crippen LogP contribution in [-0.4, -0.2) is 61.6 Å². The van der Waals surface area contributed by atoms with Gasteiger partial charge in [-0.3, -0.25) is 14.4 Å². The predicted molar refractivity (Wildman–Crippen MR) is 61.8 cm³/mol. The molecule has 7 nitrogen and oxygen atoms in total. The van der Waals surface area contributed by atoms with Crippen LogP contribution in [0.2, 0.25) is 0 Å². The van der Waals surface area contributed by atoms with Crippen LogP contribution < -0.4 is 5.32 Å². The third-order valence-electron chi connectivity index (χ3n) is 2.81. The number of carboxylic acid groups (broad SMARTS) is 1. The van der Waals surface area contributed by atoms with Crippen LogP contribution in [0, 0.1) is 11.8 Å². The Balaban J connectivity index is 2.28. The summed E-state index contributed by atoms with van der Waals surface area (Å²) < 4.78 is 4.77. The number of ether oxygens (including phenoxy) is 1. The predicted octanol–water partition coefficient (Wildman–Crippen LogP) is -1.07. The Bertz CT molecular complexity index is 344. The molecule has 0 spiro atoms. The number of methoxy groups -OCH3 is 1. The number of likely N-dealkylation sites (N-methyl/N-ethyl adjacent to an activating group) is 1. The molecule has 0 aliphatic heterocycles. The Morgan fingerprint density at radius 2 is 2.06 bits per heavy atom. The van der Waals surface area contributed by atoms with Crippen molar-refractivity contribution in [3.8, 4) is 0 Å². The maximum Gasteiger partial charge on any atom is 0.307 e. The summed E-state index contributed by atoms with van der Waals surface area (Å²) in [6.07, 6.45) is 0.365. The second-order valence-electron chi connectivity index (χ2n) is 4.32. The van der Waals surface area contributed by atoms with E-state index in [1.165, 1.54) is 19.1 Å². The van der Waals surface area contributed by atoms with Gasteiger partial charge in [-0.15, -0.1) is 0 Å². The molecule has 0 radical (unpaired) electrons. The Morgan fingerprint density at radius 3 is 2.56 bits per heavy atom. The average Bonchev–Trinajstić information content (AvgIpc) is 3.08. The minimum atomic E-state index is -0.953. The van der Waals surface area contributed by atoms with Crippen molar-refractivity contribution in [1.82, 2.24) is 10.2 Å². The van der Waals surface area contributed by atoms with E-state index in [1.54, 1.807) is 0 Å². The van der Waals surface area contributed by atoms with Crippen LogP contribution in [0.25, 0.3) is 0 Å². The van der Waals surface area contributed by atoms with Crippen molar-refractivity contribution in [2.24, 2.45) is 11.8 Å². The standard InChI is InChI=1S/C11H18N2O5/c1-13(6-9(14)12-3-4-18-2)10(15)7-5-8(7)11(16)17/h7-8H,3-6H2,1-2H3,(H,12,14)(H,16,17)/t7-,8+/m1/s1. The van der Waals surface area contributed by atoms with Crippen molar-refractivity contribution in [2.75, 3.05) is 33.9 Å². The van der Waals surface area contributed by atoms with Crippen LogP contribution in [0.5, 0.6) is 0 Å². The maximum absolute atomic E-state index is 11.7. The summed E-state index contributed by atoms with van der Waals surface area (Å²) in [5.41, 5.74) is 0. The minimum Gasteiger partial charge on any atom is -0.481 e. The van der Waals surface area contributed by atoms with Crippen LogP contribution in [0.1, 0.15) is 6.42 Å². The highest BCUT2D eigenvalue weighted by atomic mass is 16.5. The van der Waals surface area contributed by atoms with Gasteiger partial charge < -0.3 is 20.1 Å². The highest BCUT2D eigenvalue weighted by Gasteiger charge is 2.49. The van der Waals surface area contributed by atoms with Crippen LogP contribution >= 0.6 is 0 Å². The third-order valence-corrected chi connectivity index (χ3v) is 2.81. The number of hydrogen-bond acceptors (Lipinski definition) is 4. The summed E-state index contributed by atoms with van der Waals surface area (Å²) in [5, 5.41) is 11.3. The highest BCUT2D eigenvalue weighted by Crippen LogP contribution is 2.39. The number of carbonyl (C=O) groups is 3. The fourth-order valence-corrected chi connectivity index (χ4v) is 1.67.